The highest BCUT2D eigenvalue weighted by Crippen LogP contribution is 2.29. The van der Waals surface area contributed by atoms with E-state index in [0.29, 0.717) is 12.0 Å². The number of nitrogens with two attached hydrogens (primary N) is 1. The summed E-state index contributed by atoms with van der Waals surface area (Å²) < 4.78 is 11.1. The van der Waals surface area contributed by atoms with Crippen LogP contribution in [0.2, 0.25) is 0 Å². The SMILES string of the molecule is COc1ccc([C@H](C)[NH2+]CC[C@H](c2ccc(C)cc2)c2ccc(OC(C)C)cc2)cc1. The van der Waals surface area contributed by atoms with Crippen LogP contribution in [-0.4, -0.2) is 19.8 Å². The van der Waals surface area contributed by atoms with Crippen LogP contribution >= 0.6 is 0 Å². The number of hydrogen-bond acceptors (Lipinski definition) is 2. The van der Waals surface area contributed by atoms with Crippen molar-refractivity contribution in [2.45, 2.75) is 52.2 Å². The van der Waals surface area contributed by atoms with Crippen LogP contribution < -0.4 is 14.8 Å². The van der Waals surface area contributed by atoms with Crippen molar-refractivity contribution < 1.29 is 14.8 Å². The van der Waals surface area contributed by atoms with Gasteiger partial charge in [-0.05, 0) is 75.2 Å². The fourth-order valence-corrected chi connectivity index (χ4v) is 3.93. The second kappa shape index (κ2) is 11.0. The zero-order valence-corrected chi connectivity index (χ0v) is 19.5. The predicted octanol–water partition coefficient (Wildman–Crippen LogP) is 5.64. The maximum Gasteiger partial charge on any atom is 0.119 e. The Hall–Kier alpha value is -2.78. The second-order valence-corrected chi connectivity index (χ2v) is 8.57. The summed E-state index contributed by atoms with van der Waals surface area (Å²) in [4.78, 5) is 0. The minimum absolute atomic E-state index is 0.188. The number of ether oxygens (including phenoxy) is 2. The summed E-state index contributed by atoms with van der Waals surface area (Å²) in [5.41, 5.74) is 5.32. The molecule has 0 saturated carbocycles. The molecule has 3 aromatic rings. The van der Waals surface area contributed by atoms with E-state index in [-0.39, 0.29) is 6.10 Å². The van der Waals surface area contributed by atoms with Crippen molar-refractivity contribution in [1.82, 2.24) is 0 Å². The summed E-state index contributed by atoms with van der Waals surface area (Å²) in [7, 11) is 1.71. The summed E-state index contributed by atoms with van der Waals surface area (Å²) in [6.07, 6.45) is 1.27. The van der Waals surface area contributed by atoms with Crippen LogP contribution in [0.1, 0.15) is 61.4 Å². The quantitative estimate of drug-likeness (QED) is 0.463. The maximum atomic E-state index is 5.83. The van der Waals surface area contributed by atoms with Gasteiger partial charge in [-0.2, -0.15) is 0 Å². The highest BCUT2D eigenvalue weighted by atomic mass is 16.5. The first kappa shape index (κ1) is 22.9. The molecule has 0 bridgehead atoms. The van der Waals surface area contributed by atoms with Crippen LogP contribution in [0.3, 0.4) is 0 Å². The van der Waals surface area contributed by atoms with E-state index in [9.17, 15) is 0 Å². The van der Waals surface area contributed by atoms with Crippen molar-refractivity contribution in [3.63, 3.8) is 0 Å². The molecule has 0 fully saturated rings. The molecule has 0 aliphatic carbocycles. The summed E-state index contributed by atoms with van der Waals surface area (Å²) in [5.74, 6) is 2.20. The van der Waals surface area contributed by atoms with Gasteiger partial charge >= 0.3 is 0 Å². The highest BCUT2D eigenvalue weighted by Gasteiger charge is 2.17. The molecule has 0 spiro atoms. The van der Waals surface area contributed by atoms with Gasteiger partial charge in [-0.1, -0.05) is 42.0 Å². The summed E-state index contributed by atoms with van der Waals surface area (Å²) in [5, 5.41) is 2.43. The molecule has 0 amide bonds. The van der Waals surface area contributed by atoms with E-state index in [1.165, 1.54) is 22.3 Å². The molecule has 0 heterocycles. The minimum atomic E-state index is 0.188. The lowest BCUT2D eigenvalue weighted by Crippen LogP contribution is -2.84. The largest absolute Gasteiger partial charge is 0.497 e. The standard InChI is InChI=1S/C28H35NO2/c1-20(2)31-27-16-12-25(13-17-27)28(24-8-6-21(3)7-9-24)18-19-29-22(4)23-10-14-26(30-5)15-11-23/h6-17,20,22,28-29H,18-19H2,1-5H3/p+1/t22-,28+/m0/s1. The number of benzene rings is 3. The molecule has 0 saturated heterocycles. The Kier molecular flexibility index (Phi) is 8.13. The zero-order valence-electron chi connectivity index (χ0n) is 19.5. The predicted molar refractivity (Wildman–Crippen MR) is 128 cm³/mol. The van der Waals surface area contributed by atoms with Gasteiger partial charge in [0.05, 0.1) is 19.8 Å². The van der Waals surface area contributed by atoms with E-state index >= 15 is 0 Å². The third-order valence-corrected chi connectivity index (χ3v) is 5.75. The van der Waals surface area contributed by atoms with Gasteiger partial charge in [0.1, 0.15) is 17.5 Å². The fourth-order valence-electron chi connectivity index (χ4n) is 3.93. The Bertz CT molecular complexity index is 915. The molecule has 0 aliphatic heterocycles. The average Bonchev–Trinajstić information content (AvgIpc) is 2.78. The van der Waals surface area contributed by atoms with E-state index < -0.39 is 0 Å². The molecule has 0 aromatic heterocycles. The Balaban J connectivity index is 1.70. The van der Waals surface area contributed by atoms with Crippen molar-refractivity contribution in [1.29, 1.82) is 0 Å². The lowest BCUT2D eigenvalue weighted by atomic mass is 9.88. The molecule has 2 N–H and O–H groups in total. The van der Waals surface area contributed by atoms with Crippen LogP contribution in [0.25, 0.3) is 0 Å². The summed E-state index contributed by atoms with van der Waals surface area (Å²) >= 11 is 0. The van der Waals surface area contributed by atoms with Crippen molar-refractivity contribution in [3.8, 4) is 11.5 Å². The second-order valence-electron chi connectivity index (χ2n) is 8.57. The van der Waals surface area contributed by atoms with E-state index in [4.69, 9.17) is 9.47 Å². The van der Waals surface area contributed by atoms with Crippen molar-refractivity contribution >= 4 is 0 Å². The zero-order chi connectivity index (χ0) is 22.2. The van der Waals surface area contributed by atoms with Crippen molar-refractivity contribution in [2.75, 3.05) is 13.7 Å². The monoisotopic (exact) mass is 418 g/mol. The van der Waals surface area contributed by atoms with Crippen LogP contribution in [0, 0.1) is 6.92 Å². The molecule has 0 aliphatic rings. The van der Waals surface area contributed by atoms with Gasteiger partial charge < -0.3 is 14.8 Å². The molecule has 0 radical (unpaired) electrons. The molecule has 0 unspecified atom stereocenters. The number of hydrogen-bond donors (Lipinski definition) is 1. The van der Waals surface area contributed by atoms with Gasteiger partial charge in [-0.25, -0.2) is 0 Å². The molecular weight excluding hydrogens is 382 g/mol. The van der Waals surface area contributed by atoms with E-state index in [2.05, 4.69) is 93.7 Å². The fraction of sp³-hybridized carbons (Fsp3) is 0.357. The normalized spacial score (nSPS) is 13.1. The van der Waals surface area contributed by atoms with E-state index in [0.717, 1.165) is 24.5 Å². The van der Waals surface area contributed by atoms with Gasteiger partial charge in [0.15, 0.2) is 0 Å². The van der Waals surface area contributed by atoms with Crippen molar-refractivity contribution in [3.05, 3.63) is 95.1 Å². The van der Waals surface area contributed by atoms with Gasteiger partial charge in [0.25, 0.3) is 0 Å². The first-order valence-electron chi connectivity index (χ1n) is 11.3. The molecule has 3 aromatic carbocycles. The molecule has 3 heteroatoms. The first-order valence-corrected chi connectivity index (χ1v) is 11.3. The molecule has 2 atom stereocenters. The first-order chi connectivity index (χ1) is 15.0. The molecule has 3 nitrogen and oxygen atoms in total. The number of rotatable bonds is 10. The van der Waals surface area contributed by atoms with Gasteiger partial charge in [-0.3, -0.25) is 0 Å². The van der Waals surface area contributed by atoms with Gasteiger partial charge in [0.2, 0.25) is 0 Å². The number of methoxy groups -OCH3 is 1. The molecular formula is C28H36NO2+. The highest BCUT2D eigenvalue weighted by molar-refractivity contribution is 5.37. The van der Waals surface area contributed by atoms with E-state index in [1.54, 1.807) is 7.11 Å². The third kappa shape index (κ3) is 6.60. The number of quaternary nitrogens is 1. The van der Waals surface area contributed by atoms with Crippen LogP contribution in [-0.2, 0) is 0 Å². The average molecular weight is 419 g/mol. The summed E-state index contributed by atoms with van der Waals surface area (Å²) in [6, 6.07) is 26.4. The van der Waals surface area contributed by atoms with Gasteiger partial charge in [-0.15, -0.1) is 0 Å². The van der Waals surface area contributed by atoms with Crippen LogP contribution in [0.15, 0.2) is 72.8 Å². The Morgan fingerprint density at radius 2 is 1.23 bits per heavy atom. The van der Waals surface area contributed by atoms with Crippen LogP contribution in [0.4, 0.5) is 0 Å². The smallest absolute Gasteiger partial charge is 0.119 e. The van der Waals surface area contributed by atoms with Crippen LogP contribution in [0.5, 0.6) is 11.5 Å². The Morgan fingerprint density at radius 1 is 0.710 bits per heavy atom. The minimum Gasteiger partial charge on any atom is -0.497 e. The number of aryl methyl sites for hydroxylation is 1. The van der Waals surface area contributed by atoms with Crippen molar-refractivity contribution in [2.24, 2.45) is 0 Å². The molecule has 3 rings (SSSR count). The third-order valence-electron chi connectivity index (χ3n) is 5.75. The molecule has 31 heavy (non-hydrogen) atoms. The van der Waals surface area contributed by atoms with E-state index in [1.807, 2.05) is 12.1 Å². The molecule has 164 valence electrons. The topological polar surface area (TPSA) is 35.1 Å². The summed E-state index contributed by atoms with van der Waals surface area (Å²) in [6.45, 7) is 9.57. The lowest BCUT2D eigenvalue weighted by Gasteiger charge is -2.20. The Morgan fingerprint density at radius 3 is 1.77 bits per heavy atom. The lowest BCUT2D eigenvalue weighted by molar-refractivity contribution is -0.693. The van der Waals surface area contributed by atoms with Gasteiger partial charge in [0, 0.05) is 17.9 Å². The Labute approximate surface area is 187 Å². The maximum absolute atomic E-state index is 5.83.